The van der Waals surface area contributed by atoms with Crippen molar-refractivity contribution in [3.8, 4) is 0 Å². The lowest BCUT2D eigenvalue weighted by molar-refractivity contribution is 0.0691. The first-order valence-electron chi connectivity index (χ1n) is 6.22. The number of carboxylic acid groups (broad SMARTS) is 1. The molecular formula is C15H14N2O3. The fourth-order valence-corrected chi connectivity index (χ4v) is 2.28. The number of para-hydroxylation sites is 1. The standard InChI is InChI=1S/C15H14N2O3/c1-9-7-12(15(18)19)16-11(9)8-14-10-5-3-4-6-13(10)17(2)20-14/h3-8,16H,1-2H3,(H,18,19). The van der Waals surface area contributed by atoms with Crippen LogP contribution in [0.5, 0.6) is 0 Å². The second kappa shape index (κ2) is 4.45. The van der Waals surface area contributed by atoms with Gasteiger partial charge in [-0.1, -0.05) is 12.1 Å². The van der Waals surface area contributed by atoms with Crippen LogP contribution in [0.4, 0.5) is 5.69 Å². The Balaban J connectivity index is 2.04. The molecular weight excluding hydrogens is 256 g/mol. The van der Waals surface area contributed by atoms with Crippen molar-refractivity contribution in [2.75, 3.05) is 12.1 Å². The number of hydrogen-bond acceptors (Lipinski definition) is 3. The quantitative estimate of drug-likeness (QED) is 0.880. The zero-order valence-electron chi connectivity index (χ0n) is 11.2. The predicted molar refractivity (Wildman–Crippen MR) is 76.3 cm³/mol. The fourth-order valence-electron chi connectivity index (χ4n) is 2.28. The molecule has 2 N–H and O–H groups in total. The summed E-state index contributed by atoms with van der Waals surface area (Å²) in [4.78, 5) is 19.5. The summed E-state index contributed by atoms with van der Waals surface area (Å²) in [5, 5.41) is 10.7. The minimum Gasteiger partial charge on any atom is -0.477 e. The zero-order valence-corrected chi connectivity index (χ0v) is 11.2. The maximum atomic E-state index is 11.0. The molecule has 20 heavy (non-hydrogen) atoms. The van der Waals surface area contributed by atoms with Gasteiger partial charge in [0.15, 0.2) is 5.76 Å². The SMILES string of the molecule is Cc1cc(C(=O)O)[nH]c1C=C1ON(C)c2ccccc21. The molecule has 0 amide bonds. The Kier molecular flexibility index (Phi) is 2.75. The van der Waals surface area contributed by atoms with E-state index in [1.165, 1.54) is 0 Å². The van der Waals surface area contributed by atoms with Crippen LogP contribution in [-0.2, 0) is 4.84 Å². The average Bonchev–Trinajstić information content (AvgIpc) is 2.93. The van der Waals surface area contributed by atoms with Gasteiger partial charge in [0.25, 0.3) is 0 Å². The van der Waals surface area contributed by atoms with E-state index in [2.05, 4.69) is 4.98 Å². The number of aromatic carboxylic acids is 1. The number of anilines is 1. The molecule has 1 aromatic heterocycles. The number of carboxylic acids is 1. The van der Waals surface area contributed by atoms with Crippen molar-refractivity contribution in [2.24, 2.45) is 0 Å². The third-order valence-corrected chi connectivity index (χ3v) is 3.30. The maximum absolute atomic E-state index is 11.0. The van der Waals surface area contributed by atoms with Gasteiger partial charge >= 0.3 is 5.97 Å². The predicted octanol–water partition coefficient (Wildman–Crippen LogP) is 2.90. The summed E-state index contributed by atoms with van der Waals surface area (Å²) in [7, 11) is 1.84. The van der Waals surface area contributed by atoms with E-state index < -0.39 is 5.97 Å². The summed E-state index contributed by atoms with van der Waals surface area (Å²) in [5.74, 6) is -0.271. The van der Waals surface area contributed by atoms with Crippen molar-refractivity contribution >= 4 is 23.5 Å². The Morgan fingerprint density at radius 3 is 2.85 bits per heavy atom. The van der Waals surface area contributed by atoms with Crippen LogP contribution in [0.2, 0.25) is 0 Å². The number of aromatic amines is 1. The number of aromatic nitrogens is 1. The number of benzene rings is 1. The van der Waals surface area contributed by atoms with Crippen LogP contribution >= 0.6 is 0 Å². The van der Waals surface area contributed by atoms with Crippen molar-refractivity contribution in [2.45, 2.75) is 6.92 Å². The van der Waals surface area contributed by atoms with Crippen LogP contribution < -0.4 is 5.06 Å². The van der Waals surface area contributed by atoms with Crippen LogP contribution in [0.1, 0.15) is 27.3 Å². The molecule has 0 bridgehead atoms. The van der Waals surface area contributed by atoms with E-state index >= 15 is 0 Å². The number of carbonyl (C=O) groups is 1. The Hall–Kier alpha value is -2.69. The van der Waals surface area contributed by atoms with Gasteiger partial charge in [0.2, 0.25) is 0 Å². The third kappa shape index (κ3) is 1.93. The molecule has 1 aromatic carbocycles. The normalized spacial score (nSPS) is 15.3. The molecule has 0 unspecified atom stereocenters. The highest BCUT2D eigenvalue weighted by atomic mass is 16.7. The lowest BCUT2D eigenvalue weighted by atomic mass is 10.1. The van der Waals surface area contributed by atoms with Gasteiger partial charge in [-0.05, 0) is 30.7 Å². The first-order chi connectivity index (χ1) is 9.56. The van der Waals surface area contributed by atoms with Gasteiger partial charge in [-0.15, -0.1) is 0 Å². The highest BCUT2D eigenvalue weighted by Crippen LogP contribution is 2.36. The van der Waals surface area contributed by atoms with Gasteiger partial charge in [-0.2, -0.15) is 0 Å². The van der Waals surface area contributed by atoms with Gasteiger partial charge < -0.3 is 14.9 Å². The molecule has 3 rings (SSSR count). The number of aryl methyl sites for hydroxylation is 1. The number of fused-ring (bicyclic) bond motifs is 1. The van der Waals surface area contributed by atoms with Crippen LogP contribution in [0.3, 0.4) is 0 Å². The van der Waals surface area contributed by atoms with Crippen molar-refractivity contribution in [3.05, 3.63) is 52.8 Å². The Bertz CT molecular complexity index is 716. The van der Waals surface area contributed by atoms with Gasteiger partial charge in [0.1, 0.15) is 5.69 Å². The van der Waals surface area contributed by atoms with E-state index in [1.807, 2.05) is 44.3 Å². The summed E-state index contributed by atoms with van der Waals surface area (Å²) < 4.78 is 0. The molecule has 5 nitrogen and oxygen atoms in total. The number of hydrogen-bond donors (Lipinski definition) is 2. The first-order valence-corrected chi connectivity index (χ1v) is 6.22. The van der Waals surface area contributed by atoms with E-state index in [0.717, 1.165) is 22.5 Å². The molecule has 0 atom stereocenters. The van der Waals surface area contributed by atoms with E-state index in [4.69, 9.17) is 9.94 Å². The number of hydroxylamine groups is 1. The highest BCUT2D eigenvalue weighted by molar-refractivity contribution is 5.89. The second-order valence-corrected chi connectivity index (χ2v) is 4.70. The molecule has 0 radical (unpaired) electrons. The zero-order chi connectivity index (χ0) is 14.3. The Morgan fingerprint density at radius 2 is 2.15 bits per heavy atom. The Morgan fingerprint density at radius 1 is 1.40 bits per heavy atom. The number of rotatable bonds is 2. The number of nitrogens with zero attached hydrogens (tertiary/aromatic N) is 1. The van der Waals surface area contributed by atoms with E-state index in [0.29, 0.717) is 5.76 Å². The summed E-state index contributed by atoms with van der Waals surface area (Å²) in [6, 6.07) is 9.45. The average molecular weight is 270 g/mol. The minimum absolute atomic E-state index is 0.175. The summed E-state index contributed by atoms with van der Waals surface area (Å²) in [5.41, 5.74) is 3.75. The second-order valence-electron chi connectivity index (χ2n) is 4.70. The Labute approximate surface area is 116 Å². The maximum Gasteiger partial charge on any atom is 0.352 e. The highest BCUT2D eigenvalue weighted by Gasteiger charge is 2.22. The molecule has 0 spiro atoms. The van der Waals surface area contributed by atoms with Crippen molar-refractivity contribution in [1.29, 1.82) is 0 Å². The van der Waals surface area contributed by atoms with E-state index in [1.54, 1.807) is 11.1 Å². The van der Waals surface area contributed by atoms with Crippen LogP contribution in [0, 0.1) is 6.92 Å². The molecule has 0 saturated heterocycles. The molecule has 5 heteroatoms. The first kappa shape index (κ1) is 12.3. The summed E-state index contributed by atoms with van der Waals surface area (Å²) >= 11 is 0. The lowest BCUT2D eigenvalue weighted by Gasteiger charge is -2.09. The third-order valence-electron chi connectivity index (χ3n) is 3.30. The molecule has 1 aliphatic rings. The molecule has 0 fully saturated rings. The topological polar surface area (TPSA) is 65.6 Å². The van der Waals surface area contributed by atoms with Crippen molar-refractivity contribution in [1.82, 2.24) is 4.98 Å². The van der Waals surface area contributed by atoms with E-state index in [9.17, 15) is 4.79 Å². The minimum atomic E-state index is -0.970. The van der Waals surface area contributed by atoms with E-state index in [-0.39, 0.29) is 5.69 Å². The van der Waals surface area contributed by atoms with Gasteiger partial charge in [-0.25, -0.2) is 9.86 Å². The van der Waals surface area contributed by atoms with Gasteiger partial charge in [0, 0.05) is 24.4 Å². The molecule has 1 aliphatic heterocycles. The largest absolute Gasteiger partial charge is 0.477 e. The molecule has 0 aliphatic carbocycles. The summed E-state index contributed by atoms with van der Waals surface area (Å²) in [6.45, 7) is 1.86. The van der Waals surface area contributed by atoms with Crippen LogP contribution in [0.25, 0.3) is 11.8 Å². The fraction of sp³-hybridized carbons (Fsp3) is 0.133. The smallest absolute Gasteiger partial charge is 0.352 e. The van der Waals surface area contributed by atoms with Crippen molar-refractivity contribution < 1.29 is 14.7 Å². The molecule has 0 saturated carbocycles. The van der Waals surface area contributed by atoms with Gasteiger partial charge in [0.05, 0.1) is 5.69 Å². The lowest BCUT2D eigenvalue weighted by Crippen LogP contribution is -2.09. The monoisotopic (exact) mass is 270 g/mol. The molecule has 2 heterocycles. The van der Waals surface area contributed by atoms with Crippen LogP contribution in [0.15, 0.2) is 30.3 Å². The van der Waals surface area contributed by atoms with Crippen LogP contribution in [-0.4, -0.2) is 23.1 Å². The van der Waals surface area contributed by atoms with Gasteiger partial charge in [-0.3, -0.25) is 0 Å². The number of H-pyrrole nitrogens is 1. The van der Waals surface area contributed by atoms with Crippen molar-refractivity contribution in [3.63, 3.8) is 0 Å². The number of nitrogens with one attached hydrogen (secondary N) is 1. The molecule has 2 aromatic rings. The molecule has 102 valence electrons. The summed E-state index contributed by atoms with van der Waals surface area (Å²) in [6.07, 6.45) is 1.82.